The normalized spacial score (nSPS) is 13.1. The lowest BCUT2D eigenvalue weighted by Crippen LogP contribution is -2.33. The highest BCUT2D eigenvalue weighted by molar-refractivity contribution is 5.79. The number of carbonyl (C=O) groups is 3. The molecule has 1 atom stereocenters. The predicted molar refractivity (Wildman–Crippen MR) is 135 cm³/mol. The Balaban J connectivity index is 1.30. The molecule has 0 bridgehead atoms. The van der Waals surface area contributed by atoms with E-state index in [2.05, 4.69) is 34.9 Å². The minimum Gasteiger partial charge on any atom is -0.481 e. The second-order valence-electron chi connectivity index (χ2n) is 9.53. The van der Waals surface area contributed by atoms with Crippen molar-refractivity contribution in [1.29, 1.82) is 0 Å². The van der Waals surface area contributed by atoms with E-state index in [1.807, 2.05) is 38.1 Å². The summed E-state index contributed by atoms with van der Waals surface area (Å²) in [5.74, 6) is -1.27. The maximum Gasteiger partial charge on any atom is 0.407 e. The molecule has 2 amide bonds. The highest BCUT2D eigenvalue weighted by Crippen LogP contribution is 2.44. The third kappa shape index (κ3) is 7.57. The van der Waals surface area contributed by atoms with Crippen LogP contribution >= 0.6 is 0 Å². The van der Waals surface area contributed by atoms with Gasteiger partial charge in [0.15, 0.2) is 0 Å². The number of nitrogens with one attached hydrogen (secondary N) is 2. The lowest BCUT2D eigenvalue weighted by molar-refractivity contribution is -0.142. The summed E-state index contributed by atoms with van der Waals surface area (Å²) < 4.78 is 5.52. The molecule has 7 nitrogen and oxygen atoms in total. The number of carbonyl (C=O) groups excluding carboxylic acids is 2. The molecule has 188 valence electrons. The Morgan fingerprint density at radius 1 is 0.914 bits per heavy atom. The second-order valence-corrected chi connectivity index (χ2v) is 9.53. The Hall–Kier alpha value is -3.35. The molecule has 1 unspecified atom stereocenters. The van der Waals surface area contributed by atoms with Gasteiger partial charge >= 0.3 is 12.1 Å². The summed E-state index contributed by atoms with van der Waals surface area (Å²) in [6.45, 7) is 4.86. The van der Waals surface area contributed by atoms with Gasteiger partial charge in [0, 0.05) is 25.4 Å². The number of carboxylic acids is 1. The number of ether oxygens (including phenoxy) is 1. The van der Waals surface area contributed by atoms with E-state index in [0.29, 0.717) is 25.8 Å². The molecule has 3 rings (SSSR count). The van der Waals surface area contributed by atoms with Gasteiger partial charge in [-0.1, -0.05) is 68.8 Å². The molecule has 35 heavy (non-hydrogen) atoms. The lowest BCUT2D eigenvalue weighted by atomic mass is 9.97. The molecule has 0 saturated heterocycles. The van der Waals surface area contributed by atoms with E-state index in [1.165, 1.54) is 22.3 Å². The van der Waals surface area contributed by atoms with E-state index >= 15 is 0 Å². The van der Waals surface area contributed by atoms with Gasteiger partial charge in [-0.15, -0.1) is 0 Å². The fourth-order valence-electron chi connectivity index (χ4n) is 4.59. The highest BCUT2D eigenvalue weighted by atomic mass is 16.5. The molecule has 2 aromatic carbocycles. The summed E-state index contributed by atoms with van der Waals surface area (Å²) in [5, 5.41) is 14.8. The first-order chi connectivity index (χ1) is 16.9. The van der Waals surface area contributed by atoms with E-state index in [9.17, 15) is 19.5 Å². The molecule has 2 aromatic rings. The fraction of sp³-hybridized carbons (Fsp3) is 0.464. The van der Waals surface area contributed by atoms with Crippen LogP contribution in [0.2, 0.25) is 0 Å². The summed E-state index contributed by atoms with van der Waals surface area (Å²) in [5.41, 5.74) is 4.75. The number of aliphatic carboxylic acids is 1. The van der Waals surface area contributed by atoms with Crippen LogP contribution in [0.3, 0.4) is 0 Å². The third-order valence-electron chi connectivity index (χ3n) is 6.34. The van der Waals surface area contributed by atoms with Crippen LogP contribution in [0.4, 0.5) is 4.79 Å². The van der Waals surface area contributed by atoms with E-state index in [4.69, 9.17) is 4.74 Å². The summed E-state index contributed by atoms with van der Waals surface area (Å²) in [7, 11) is 0. The molecule has 0 spiro atoms. The lowest BCUT2D eigenvalue weighted by Gasteiger charge is -2.15. The molecular formula is C28H36N2O5. The molecule has 0 fully saturated rings. The van der Waals surface area contributed by atoms with Gasteiger partial charge in [-0.05, 0) is 47.4 Å². The van der Waals surface area contributed by atoms with Gasteiger partial charge < -0.3 is 20.5 Å². The minimum atomic E-state index is -0.877. The molecule has 0 radical (unpaired) electrons. The number of hydrogen-bond donors (Lipinski definition) is 3. The number of fused-ring (bicyclic) bond motifs is 3. The largest absolute Gasteiger partial charge is 0.481 e. The van der Waals surface area contributed by atoms with Crippen LogP contribution in [0, 0.1) is 11.8 Å². The summed E-state index contributed by atoms with van der Waals surface area (Å²) in [6.07, 6.45) is 2.65. The quantitative estimate of drug-likeness (QED) is 0.352. The zero-order chi connectivity index (χ0) is 25.2. The first-order valence-electron chi connectivity index (χ1n) is 12.4. The van der Waals surface area contributed by atoms with Gasteiger partial charge in [-0.2, -0.15) is 0 Å². The average Bonchev–Trinajstić information content (AvgIpc) is 3.16. The fourth-order valence-corrected chi connectivity index (χ4v) is 4.59. The van der Waals surface area contributed by atoms with Crippen LogP contribution < -0.4 is 10.6 Å². The highest BCUT2D eigenvalue weighted by Gasteiger charge is 2.29. The van der Waals surface area contributed by atoms with Gasteiger partial charge in [-0.3, -0.25) is 9.59 Å². The van der Waals surface area contributed by atoms with E-state index < -0.39 is 18.0 Å². The van der Waals surface area contributed by atoms with Crippen LogP contribution in [0.15, 0.2) is 48.5 Å². The number of alkyl carbamates (subject to hydrolysis) is 1. The van der Waals surface area contributed by atoms with Crippen molar-refractivity contribution in [3.05, 3.63) is 59.7 Å². The Labute approximate surface area is 207 Å². The first kappa shape index (κ1) is 26.3. The Kier molecular flexibility index (Phi) is 9.70. The molecular weight excluding hydrogens is 444 g/mol. The van der Waals surface area contributed by atoms with Gasteiger partial charge in [0.05, 0.1) is 5.92 Å². The maximum absolute atomic E-state index is 12.2. The zero-order valence-corrected chi connectivity index (χ0v) is 20.6. The van der Waals surface area contributed by atoms with E-state index in [-0.39, 0.29) is 30.9 Å². The Morgan fingerprint density at radius 2 is 1.54 bits per heavy atom. The Morgan fingerprint density at radius 3 is 2.14 bits per heavy atom. The van der Waals surface area contributed by atoms with Crippen molar-refractivity contribution < 1.29 is 24.2 Å². The molecule has 0 aliphatic heterocycles. The zero-order valence-electron chi connectivity index (χ0n) is 20.6. The molecule has 0 saturated carbocycles. The van der Waals surface area contributed by atoms with Gasteiger partial charge in [0.1, 0.15) is 6.61 Å². The van der Waals surface area contributed by atoms with Gasteiger partial charge in [0.2, 0.25) is 5.91 Å². The van der Waals surface area contributed by atoms with Crippen molar-refractivity contribution in [2.75, 3.05) is 19.7 Å². The summed E-state index contributed by atoms with van der Waals surface area (Å²) in [6, 6.07) is 16.4. The molecule has 0 heterocycles. The van der Waals surface area contributed by atoms with Crippen LogP contribution in [-0.4, -0.2) is 42.8 Å². The topological polar surface area (TPSA) is 105 Å². The number of hydrogen-bond acceptors (Lipinski definition) is 4. The smallest absolute Gasteiger partial charge is 0.407 e. The summed E-state index contributed by atoms with van der Waals surface area (Å²) in [4.78, 5) is 35.5. The van der Waals surface area contributed by atoms with Gasteiger partial charge in [0.25, 0.3) is 0 Å². The molecule has 1 aliphatic rings. The third-order valence-corrected chi connectivity index (χ3v) is 6.34. The van der Waals surface area contributed by atoms with Crippen molar-refractivity contribution in [3.63, 3.8) is 0 Å². The standard InChI is InChI=1S/C28H36N2O5/c1-19(2)16-20(27(32)33)17-30-26(31)14-4-3-9-15-29-28(34)35-18-25-23-12-7-5-10-21(23)22-11-6-8-13-24(22)25/h5-8,10-13,19-20,25H,3-4,9,14-18H2,1-2H3,(H,29,34)(H,30,31)(H,32,33). The number of amides is 2. The molecule has 0 aromatic heterocycles. The van der Waals surface area contributed by atoms with E-state index in [0.717, 1.165) is 12.8 Å². The van der Waals surface area contributed by atoms with Crippen molar-refractivity contribution in [3.8, 4) is 11.1 Å². The van der Waals surface area contributed by atoms with E-state index in [1.54, 1.807) is 0 Å². The summed E-state index contributed by atoms with van der Waals surface area (Å²) >= 11 is 0. The molecule has 7 heteroatoms. The van der Waals surface area contributed by atoms with Crippen LogP contribution in [-0.2, 0) is 14.3 Å². The number of benzene rings is 2. The number of rotatable bonds is 13. The predicted octanol–water partition coefficient (Wildman–Crippen LogP) is 4.95. The van der Waals surface area contributed by atoms with Crippen LogP contribution in [0.25, 0.3) is 11.1 Å². The van der Waals surface area contributed by atoms with Crippen molar-refractivity contribution in [2.24, 2.45) is 11.8 Å². The SMILES string of the molecule is CC(C)CC(CNC(=O)CCCCCNC(=O)OCC1c2ccccc2-c2ccccc21)C(=O)O. The molecule has 1 aliphatic carbocycles. The van der Waals surface area contributed by atoms with Crippen molar-refractivity contribution in [2.45, 2.75) is 51.9 Å². The van der Waals surface area contributed by atoms with Gasteiger partial charge in [-0.25, -0.2) is 4.79 Å². The number of unbranched alkanes of at least 4 members (excludes halogenated alkanes) is 2. The monoisotopic (exact) mass is 480 g/mol. The van der Waals surface area contributed by atoms with Crippen LogP contribution in [0.5, 0.6) is 0 Å². The average molecular weight is 481 g/mol. The van der Waals surface area contributed by atoms with Crippen LogP contribution in [0.1, 0.15) is 63.0 Å². The first-order valence-corrected chi connectivity index (χ1v) is 12.4. The second kappa shape index (κ2) is 12.9. The van der Waals surface area contributed by atoms with Crippen molar-refractivity contribution >= 4 is 18.0 Å². The Bertz CT molecular complexity index is 974. The minimum absolute atomic E-state index is 0.0351. The maximum atomic E-state index is 12.2. The number of carboxylic acid groups (broad SMARTS) is 1. The van der Waals surface area contributed by atoms with Crippen molar-refractivity contribution in [1.82, 2.24) is 10.6 Å². The molecule has 3 N–H and O–H groups in total.